The van der Waals surface area contributed by atoms with E-state index in [1.54, 1.807) is 27.6 Å². The van der Waals surface area contributed by atoms with Gasteiger partial charge in [0.2, 0.25) is 0 Å². The maximum atomic E-state index is 12.2. The first-order valence-electron chi connectivity index (χ1n) is 5.09. The molecule has 2 aromatic heterocycles. The monoisotopic (exact) mass is 329 g/mol. The normalized spacial score (nSPS) is 10.5. The molecule has 1 amide bonds. The summed E-state index contributed by atoms with van der Waals surface area (Å²) in [5, 5.41) is 5.95. The molecule has 0 aliphatic rings. The van der Waals surface area contributed by atoms with Gasteiger partial charge in [0.15, 0.2) is 0 Å². The van der Waals surface area contributed by atoms with E-state index in [0.29, 0.717) is 6.54 Å². The zero-order valence-corrected chi connectivity index (χ0v) is 12.8. The molecule has 0 radical (unpaired) electrons. The van der Waals surface area contributed by atoms with E-state index < -0.39 is 0 Å². The first-order chi connectivity index (χ1) is 8.08. The molecule has 0 atom stereocenters. The molecule has 90 valence electrons. The Morgan fingerprint density at radius 3 is 2.71 bits per heavy atom. The number of carbonyl (C=O) groups excluding carboxylic acids is 1. The van der Waals surface area contributed by atoms with Crippen molar-refractivity contribution < 1.29 is 4.79 Å². The lowest BCUT2D eigenvalue weighted by Crippen LogP contribution is -2.25. The quantitative estimate of drug-likeness (QED) is 0.828. The molecule has 0 aliphatic heterocycles. The molecule has 2 heterocycles. The maximum Gasteiger partial charge on any atom is 0.255 e. The summed E-state index contributed by atoms with van der Waals surface area (Å²) < 4.78 is 1.07. The fraction of sp³-hybridized carbons (Fsp3) is 0.250. The Labute approximate surface area is 117 Å². The standard InChI is InChI=1S/C12H12BrNOS2/c1-8-5-16-7-11(8)12(15)14(2)4-10-3-9(13)6-17-10/h3,5-7H,4H2,1-2H3. The highest BCUT2D eigenvalue weighted by Gasteiger charge is 2.15. The average molecular weight is 330 g/mol. The van der Waals surface area contributed by atoms with E-state index in [-0.39, 0.29) is 5.91 Å². The molecule has 0 saturated heterocycles. The predicted octanol–water partition coefficient (Wildman–Crippen LogP) is 4.15. The van der Waals surface area contributed by atoms with E-state index >= 15 is 0 Å². The highest BCUT2D eigenvalue weighted by molar-refractivity contribution is 9.10. The number of hydrogen-bond acceptors (Lipinski definition) is 3. The number of carbonyl (C=O) groups is 1. The van der Waals surface area contributed by atoms with Crippen LogP contribution in [-0.4, -0.2) is 17.9 Å². The SMILES string of the molecule is Cc1cscc1C(=O)N(C)Cc1cc(Br)cs1. The van der Waals surface area contributed by atoms with Crippen molar-refractivity contribution in [3.05, 3.63) is 42.7 Å². The number of aryl methyl sites for hydroxylation is 1. The van der Waals surface area contributed by atoms with Crippen LogP contribution >= 0.6 is 38.6 Å². The molecule has 2 nitrogen and oxygen atoms in total. The summed E-state index contributed by atoms with van der Waals surface area (Å²) in [6.45, 7) is 2.63. The summed E-state index contributed by atoms with van der Waals surface area (Å²) in [4.78, 5) is 15.1. The molecule has 5 heteroatoms. The summed E-state index contributed by atoms with van der Waals surface area (Å²) in [7, 11) is 1.84. The zero-order chi connectivity index (χ0) is 12.4. The van der Waals surface area contributed by atoms with Crippen LogP contribution in [0.5, 0.6) is 0 Å². The molecule has 2 aromatic rings. The number of rotatable bonds is 3. The molecule has 0 fully saturated rings. The van der Waals surface area contributed by atoms with Gasteiger partial charge in [0.1, 0.15) is 0 Å². The van der Waals surface area contributed by atoms with Gasteiger partial charge >= 0.3 is 0 Å². The molecule has 0 spiro atoms. The van der Waals surface area contributed by atoms with Crippen molar-refractivity contribution in [3.63, 3.8) is 0 Å². The summed E-state index contributed by atoms with van der Waals surface area (Å²) >= 11 is 6.65. The second-order valence-electron chi connectivity index (χ2n) is 3.86. The molecular weight excluding hydrogens is 318 g/mol. The minimum atomic E-state index is 0.0910. The Morgan fingerprint density at radius 1 is 1.41 bits per heavy atom. The molecule has 0 unspecified atom stereocenters. The molecule has 0 saturated carbocycles. The van der Waals surface area contributed by atoms with Crippen LogP contribution in [-0.2, 0) is 6.54 Å². The van der Waals surface area contributed by atoms with Gasteiger partial charge in [-0.3, -0.25) is 4.79 Å². The lowest BCUT2D eigenvalue weighted by molar-refractivity contribution is 0.0786. The fourth-order valence-electron chi connectivity index (χ4n) is 1.53. The third-order valence-electron chi connectivity index (χ3n) is 2.45. The van der Waals surface area contributed by atoms with Crippen molar-refractivity contribution in [1.82, 2.24) is 4.90 Å². The van der Waals surface area contributed by atoms with Gasteiger partial charge in [0.25, 0.3) is 5.91 Å². The van der Waals surface area contributed by atoms with E-state index in [1.807, 2.05) is 30.1 Å². The number of amides is 1. The molecule has 2 rings (SSSR count). The Bertz CT molecular complexity index is 532. The first kappa shape index (κ1) is 12.8. The fourth-order valence-corrected chi connectivity index (χ4v) is 3.85. The first-order valence-corrected chi connectivity index (χ1v) is 7.70. The van der Waals surface area contributed by atoms with Crippen LogP contribution in [0.3, 0.4) is 0 Å². The topological polar surface area (TPSA) is 20.3 Å². The van der Waals surface area contributed by atoms with Crippen LogP contribution < -0.4 is 0 Å². The second kappa shape index (κ2) is 5.33. The highest BCUT2D eigenvalue weighted by atomic mass is 79.9. The minimum absolute atomic E-state index is 0.0910. The number of hydrogen-bond donors (Lipinski definition) is 0. The zero-order valence-electron chi connectivity index (χ0n) is 9.57. The lowest BCUT2D eigenvalue weighted by atomic mass is 10.2. The van der Waals surface area contributed by atoms with E-state index in [4.69, 9.17) is 0 Å². The summed E-state index contributed by atoms with van der Waals surface area (Å²) in [6, 6.07) is 2.05. The van der Waals surface area contributed by atoms with Gasteiger partial charge in [-0.05, 0) is 39.9 Å². The van der Waals surface area contributed by atoms with Crippen molar-refractivity contribution >= 4 is 44.5 Å². The maximum absolute atomic E-state index is 12.2. The molecule has 0 aromatic carbocycles. The minimum Gasteiger partial charge on any atom is -0.337 e. The summed E-state index contributed by atoms with van der Waals surface area (Å²) in [6.07, 6.45) is 0. The largest absolute Gasteiger partial charge is 0.337 e. The average Bonchev–Trinajstić information content (AvgIpc) is 2.86. The van der Waals surface area contributed by atoms with Gasteiger partial charge in [-0.1, -0.05) is 0 Å². The van der Waals surface area contributed by atoms with Crippen molar-refractivity contribution in [1.29, 1.82) is 0 Å². The van der Waals surface area contributed by atoms with Gasteiger partial charge in [0, 0.05) is 27.2 Å². The molecule has 17 heavy (non-hydrogen) atoms. The van der Waals surface area contributed by atoms with Crippen LogP contribution in [0.15, 0.2) is 26.7 Å². The Kier molecular flexibility index (Phi) is 4.01. The summed E-state index contributed by atoms with van der Waals surface area (Å²) in [5.74, 6) is 0.0910. The second-order valence-corrected chi connectivity index (χ2v) is 6.52. The van der Waals surface area contributed by atoms with Crippen LogP contribution in [0.1, 0.15) is 20.8 Å². The predicted molar refractivity (Wildman–Crippen MR) is 76.9 cm³/mol. The lowest BCUT2D eigenvalue weighted by Gasteiger charge is -2.15. The molecule has 0 N–H and O–H groups in total. The Balaban J connectivity index is 2.08. The smallest absolute Gasteiger partial charge is 0.255 e. The van der Waals surface area contributed by atoms with Gasteiger partial charge in [-0.25, -0.2) is 0 Å². The van der Waals surface area contributed by atoms with Crippen molar-refractivity contribution in [2.24, 2.45) is 0 Å². The van der Waals surface area contributed by atoms with Crippen molar-refractivity contribution in [2.75, 3.05) is 7.05 Å². The van der Waals surface area contributed by atoms with Crippen LogP contribution in [0.2, 0.25) is 0 Å². The highest BCUT2D eigenvalue weighted by Crippen LogP contribution is 2.22. The van der Waals surface area contributed by atoms with Crippen molar-refractivity contribution in [2.45, 2.75) is 13.5 Å². The van der Waals surface area contributed by atoms with Gasteiger partial charge in [0.05, 0.1) is 12.1 Å². The summed E-state index contributed by atoms with van der Waals surface area (Å²) in [5.41, 5.74) is 1.87. The van der Waals surface area contributed by atoms with E-state index in [9.17, 15) is 4.79 Å². The molecule has 0 aliphatic carbocycles. The van der Waals surface area contributed by atoms with Crippen LogP contribution in [0, 0.1) is 6.92 Å². The Morgan fingerprint density at radius 2 is 2.18 bits per heavy atom. The van der Waals surface area contributed by atoms with Gasteiger partial charge < -0.3 is 4.90 Å². The van der Waals surface area contributed by atoms with Crippen molar-refractivity contribution in [3.8, 4) is 0 Å². The number of thiophene rings is 2. The van der Waals surface area contributed by atoms with E-state index in [2.05, 4.69) is 22.0 Å². The Hall–Kier alpha value is -0.650. The number of halogens is 1. The van der Waals surface area contributed by atoms with Crippen LogP contribution in [0.4, 0.5) is 0 Å². The van der Waals surface area contributed by atoms with Gasteiger partial charge in [-0.2, -0.15) is 11.3 Å². The molecular formula is C12H12BrNOS2. The third-order valence-corrected chi connectivity index (χ3v) is 4.99. The van der Waals surface area contributed by atoms with E-state index in [0.717, 1.165) is 15.6 Å². The van der Waals surface area contributed by atoms with E-state index in [1.165, 1.54) is 4.88 Å². The molecule has 0 bridgehead atoms. The van der Waals surface area contributed by atoms with Gasteiger partial charge in [-0.15, -0.1) is 11.3 Å². The third kappa shape index (κ3) is 2.97. The number of nitrogens with zero attached hydrogens (tertiary/aromatic N) is 1. The van der Waals surface area contributed by atoms with Crippen LogP contribution in [0.25, 0.3) is 0 Å².